The first-order chi connectivity index (χ1) is 15.5. The first kappa shape index (κ1) is 21.4. The molecule has 2 aromatic carbocycles. The number of hydrogen-bond acceptors (Lipinski definition) is 6. The van der Waals surface area contributed by atoms with Gasteiger partial charge in [0.1, 0.15) is 6.04 Å². The fourth-order valence-electron chi connectivity index (χ4n) is 3.77. The number of piperazine rings is 1. The Balaban J connectivity index is 1.38. The number of nitrogens with zero attached hydrogens (tertiary/aromatic N) is 3. The van der Waals surface area contributed by atoms with E-state index >= 15 is 0 Å². The molecule has 3 amide bonds. The highest BCUT2D eigenvalue weighted by molar-refractivity contribution is 6.06. The molecule has 2 heterocycles. The first-order valence-corrected chi connectivity index (χ1v) is 10.6. The molecule has 2 aliphatic heterocycles. The molecule has 0 saturated carbocycles. The van der Waals surface area contributed by atoms with Gasteiger partial charge in [-0.15, -0.1) is 0 Å². The van der Waals surface area contributed by atoms with Crippen LogP contribution < -0.4 is 20.9 Å². The number of aliphatic imine (C=N–C) groups is 1. The fraction of sp³-hybridized carbons (Fsp3) is 0.304. The van der Waals surface area contributed by atoms with Gasteiger partial charge in [0.15, 0.2) is 0 Å². The van der Waals surface area contributed by atoms with Gasteiger partial charge in [-0.3, -0.25) is 19.7 Å². The number of anilines is 3. The van der Waals surface area contributed by atoms with Gasteiger partial charge >= 0.3 is 0 Å². The quantitative estimate of drug-likeness (QED) is 0.679. The molecule has 0 aromatic heterocycles. The topological polar surface area (TPSA) is 106 Å². The maximum Gasteiger partial charge on any atom is 0.249 e. The lowest BCUT2D eigenvalue weighted by Gasteiger charge is -2.38. The maximum absolute atomic E-state index is 12.7. The average Bonchev–Trinajstić information content (AvgIpc) is 2.80. The Bertz CT molecular complexity index is 1010. The summed E-state index contributed by atoms with van der Waals surface area (Å²) < 4.78 is 0. The SMILES string of the molecule is CC(=O)Nc1ccc(NC(=O)C2CC(=O)NC(N3CCN(c4ccccc4)CC3)=N2)cc1. The summed E-state index contributed by atoms with van der Waals surface area (Å²) in [5, 5.41) is 8.29. The number of para-hydroxylation sites is 1. The van der Waals surface area contributed by atoms with Crippen LogP contribution >= 0.6 is 0 Å². The predicted octanol–water partition coefficient (Wildman–Crippen LogP) is 1.65. The zero-order valence-corrected chi connectivity index (χ0v) is 17.9. The molecule has 4 rings (SSSR count). The maximum atomic E-state index is 12.7. The van der Waals surface area contributed by atoms with Crippen LogP contribution in [0.25, 0.3) is 0 Å². The first-order valence-electron chi connectivity index (χ1n) is 10.6. The summed E-state index contributed by atoms with van der Waals surface area (Å²) in [6, 6.07) is 16.2. The van der Waals surface area contributed by atoms with Crippen LogP contribution in [-0.2, 0) is 14.4 Å². The molecule has 3 N–H and O–H groups in total. The molecule has 2 aliphatic rings. The molecule has 32 heavy (non-hydrogen) atoms. The van der Waals surface area contributed by atoms with Crippen LogP contribution in [0.2, 0.25) is 0 Å². The number of amides is 3. The molecule has 2 aromatic rings. The molecule has 0 bridgehead atoms. The molecule has 1 fully saturated rings. The minimum atomic E-state index is -0.791. The van der Waals surface area contributed by atoms with E-state index in [-0.39, 0.29) is 24.1 Å². The summed E-state index contributed by atoms with van der Waals surface area (Å²) in [5.41, 5.74) is 2.38. The van der Waals surface area contributed by atoms with Crippen molar-refractivity contribution in [3.63, 3.8) is 0 Å². The minimum absolute atomic E-state index is 0.00326. The normalized spacial score (nSPS) is 18.5. The highest BCUT2D eigenvalue weighted by Crippen LogP contribution is 2.18. The molecule has 9 heteroatoms. The number of nitrogens with one attached hydrogen (secondary N) is 3. The number of carbonyl (C=O) groups excluding carboxylic acids is 3. The van der Waals surface area contributed by atoms with E-state index in [4.69, 9.17) is 0 Å². The molecule has 1 atom stereocenters. The van der Waals surface area contributed by atoms with Crippen LogP contribution in [0.1, 0.15) is 13.3 Å². The van der Waals surface area contributed by atoms with Gasteiger partial charge in [0, 0.05) is 50.2 Å². The number of rotatable bonds is 4. The molecule has 0 radical (unpaired) electrons. The van der Waals surface area contributed by atoms with Crippen LogP contribution in [0.4, 0.5) is 17.1 Å². The van der Waals surface area contributed by atoms with Gasteiger partial charge in [-0.25, -0.2) is 4.99 Å². The summed E-state index contributed by atoms with van der Waals surface area (Å²) in [5.74, 6) is -0.272. The minimum Gasteiger partial charge on any atom is -0.368 e. The molecule has 0 aliphatic carbocycles. The summed E-state index contributed by atoms with van der Waals surface area (Å²) >= 11 is 0. The Morgan fingerprint density at radius 3 is 2.12 bits per heavy atom. The molecule has 1 saturated heterocycles. The van der Waals surface area contributed by atoms with Crippen molar-refractivity contribution in [2.75, 3.05) is 41.7 Å². The number of hydrogen-bond donors (Lipinski definition) is 3. The second kappa shape index (κ2) is 9.51. The van der Waals surface area contributed by atoms with Crippen molar-refractivity contribution in [2.45, 2.75) is 19.4 Å². The largest absolute Gasteiger partial charge is 0.368 e. The second-order valence-electron chi connectivity index (χ2n) is 7.78. The van der Waals surface area contributed by atoms with Crippen LogP contribution in [-0.4, -0.2) is 60.8 Å². The molecule has 0 spiro atoms. The van der Waals surface area contributed by atoms with E-state index in [1.54, 1.807) is 24.3 Å². The van der Waals surface area contributed by atoms with Crippen LogP contribution in [0.15, 0.2) is 59.6 Å². The van der Waals surface area contributed by atoms with E-state index in [9.17, 15) is 14.4 Å². The lowest BCUT2D eigenvalue weighted by molar-refractivity contribution is -0.125. The van der Waals surface area contributed by atoms with E-state index < -0.39 is 6.04 Å². The highest BCUT2D eigenvalue weighted by atomic mass is 16.2. The zero-order valence-electron chi connectivity index (χ0n) is 17.9. The van der Waals surface area contributed by atoms with Crippen molar-refractivity contribution in [2.24, 2.45) is 4.99 Å². The third-order valence-electron chi connectivity index (χ3n) is 5.38. The second-order valence-corrected chi connectivity index (χ2v) is 7.78. The zero-order chi connectivity index (χ0) is 22.5. The van der Waals surface area contributed by atoms with Crippen LogP contribution in [0.5, 0.6) is 0 Å². The highest BCUT2D eigenvalue weighted by Gasteiger charge is 2.30. The summed E-state index contributed by atoms with van der Waals surface area (Å²) in [4.78, 5) is 45.0. The van der Waals surface area contributed by atoms with E-state index in [0.717, 1.165) is 13.1 Å². The van der Waals surface area contributed by atoms with Gasteiger partial charge in [-0.1, -0.05) is 18.2 Å². The molecular weight excluding hydrogens is 408 g/mol. The predicted molar refractivity (Wildman–Crippen MR) is 124 cm³/mol. The molecular formula is C23H26N6O3. The summed E-state index contributed by atoms with van der Waals surface area (Å²) in [6.45, 7) is 4.44. The monoisotopic (exact) mass is 434 g/mol. The number of carbonyl (C=O) groups is 3. The van der Waals surface area contributed by atoms with Gasteiger partial charge in [-0.2, -0.15) is 0 Å². The van der Waals surface area contributed by atoms with Gasteiger partial charge < -0.3 is 20.4 Å². The van der Waals surface area contributed by atoms with Crippen molar-refractivity contribution in [3.8, 4) is 0 Å². The molecule has 166 valence electrons. The fourth-order valence-corrected chi connectivity index (χ4v) is 3.77. The summed E-state index contributed by atoms with van der Waals surface area (Å²) in [6.07, 6.45) is 0.00326. The Morgan fingerprint density at radius 1 is 0.906 bits per heavy atom. The van der Waals surface area contributed by atoms with E-state index in [1.807, 2.05) is 23.1 Å². The molecule has 1 unspecified atom stereocenters. The molecule has 9 nitrogen and oxygen atoms in total. The third kappa shape index (κ3) is 5.23. The van der Waals surface area contributed by atoms with Gasteiger partial charge in [0.25, 0.3) is 0 Å². The lowest BCUT2D eigenvalue weighted by atomic mass is 10.1. The Kier molecular flexibility index (Phi) is 6.34. The summed E-state index contributed by atoms with van der Waals surface area (Å²) in [7, 11) is 0. The van der Waals surface area contributed by atoms with E-state index in [2.05, 4.69) is 38.0 Å². The standard InChI is InChI=1S/C23H26N6O3/c1-16(30)24-17-7-9-18(10-8-17)25-22(32)20-15-21(31)27-23(26-20)29-13-11-28(12-14-29)19-5-3-2-4-6-19/h2-10,20H,11-15H2,1H3,(H,24,30)(H,25,32)(H,26,27,31). The smallest absolute Gasteiger partial charge is 0.249 e. The van der Waals surface area contributed by atoms with E-state index in [0.29, 0.717) is 30.4 Å². The van der Waals surface area contributed by atoms with Gasteiger partial charge in [0.05, 0.1) is 6.42 Å². The average molecular weight is 435 g/mol. The number of guanidine groups is 1. The van der Waals surface area contributed by atoms with Crippen molar-refractivity contribution >= 4 is 40.7 Å². The van der Waals surface area contributed by atoms with Gasteiger partial charge in [0.2, 0.25) is 23.7 Å². The Morgan fingerprint density at radius 2 is 1.50 bits per heavy atom. The van der Waals surface area contributed by atoms with E-state index in [1.165, 1.54) is 12.6 Å². The number of benzene rings is 2. The van der Waals surface area contributed by atoms with Crippen molar-refractivity contribution in [3.05, 3.63) is 54.6 Å². The Labute approximate surface area is 186 Å². The van der Waals surface area contributed by atoms with Crippen molar-refractivity contribution in [1.29, 1.82) is 0 Å². The Hall–Kier alpha value is -3.88. The van der Waals surface area contributed by atoms with Crippen LogP contribution in [0.3, 0.4) is 0 Å². The van der Waals surface area contributed by atoms with Gasteiger partial charge in [-0.05, 0) is 36.4 Å². The van der Waals surface area contributed by atoms with Crippen molar-refractivity contribution in [1.82, 2.24) is 10.2 Å². The lowest BCUT2D eigenvalue weighted by Crippen LogP contribution is -2.56. The van der Waals surface area contributed by atoms with Crippen molar-refractivity contribution < 1.29 is 14.4 Å². The van der Waals surface area contributed by atoms with Crippen LogP contribution in [0, 0.1) is 0 Å². The third-order valence-corrected chi connectivity index (χ3v) is 5.38.